The van der Waals surface area contributed by atoms with Crippen molar-refractivity contribution in [2.24, 2.45) is 45.3 Å². The molecule has 0 spiro atoms. The lowest BCUT2D eigenvalue weighted by Crippen LogP contribution is -2.64. The topological polar surface area (TPSA) is 64.4 Å². The van der Waals surface area contributed by atoms with Crippen LogP contribution in [0.25, 0.3) is 11.3 Å². The monoisotopic (exact) mass is 546 g/mol. The zero-order valence-corrected chi connectivity index (χ0v) is 24.3. The van der Waals surface area contributed by atoms with Crippen LogP contribution in [-0.2, 0) is 9.53 Å². The first-order valence-corrected chi connectivity index (χ1v) is 15.3. The summed E-state index contributed by atoms with van der Waals surface area (Å²) in [5, 5.41) is 15.2. The van der Waals surface area contributed by atoms with Gasteiger partial charge in [-0.2, -0.15) is 5.10 Å². The first-order chi connectivity index (χ1) is 19.0. The van der Waals surface area contributed by atoms with Crippen LogP contribution in [0.5, 0.6) is 0 Å². The third-order valence-electron chi connectivity index (χ3n) is 12.9. The number of carbonyl (C=O) groups is 1. The molecule has 0 radical (unpaired) electrons. The van der Waals surface area contributed by atoms with Gasteiger partial charge in [0.25, 0.3) is 0 Å². The first kappa shape index (κ1) is 26.4. The molecule has 9 unspecified atom stereocenters. The molecule has 9 atom stereocenters. The Morgan fingerprint density at radius 3 is 2.70 bits per heavy atom. The normalized spacial score (nSPS) is 44.1. The number of aromatic nitrogens is 2. The second-order valence-electron chi connectivity index (χ2n) is 14.7. The fourth-order valence-corrected chi connectivity index (χ4v) is 11.0. The van der Waals surface area contributed by atoms with E-state index in [0.717, 1.165) is 63.0 Å². The van der Waals surface area contributed by atoms with Gasteiger partial charge in [-0.1, -0.05) is 51.5 Å². The van der Waals surface area contributed by atoms with Crippen molar-refractivity contribution in [1.82, 2.24) is 9.78 Å². The molecular weight excluding hydrogens is 503 g/mol. The van der Waals surface area contributed by atoms with Crippen LogP contribution in [0.2, 0.25) is 0 Å². The van der Waals surface area contributed by atoms with Crippen LogP contribution in [0, 0.1) is 51.1 Å². The highest BCUT2D eigenvalue weighted by Crippen LogP contribution is 2.73. The van der Waals surface area contributed by atoms with Gasteiger partial charge in [-0.05, 0) is 97.1 Å². The minimum Gasteiger partial charge on any atom is -0.481 e. The van der Waals surface area contributed by atoms with Crippen molar-refractivity contribution < 1.29 is 19.0 Å². The molecule has 5 aliphatic rings. The van der Waals surface area contributed by atoms with E-state index >= 15 is 0 Å². The minimum atomic E-state index is -0.625. The van der Waals surface area contributed by atoms with Gasteiger partial charge in [0, 0.05) is 17.2 Å². The Hall–Kier alpha value is -2.47. The van der Waals surface area contributed by atoms with Crippen LogP contribution in [0.15, 0.2) is 48.2 Å². The zero-order valence-electron chi connectivity index (χ0n) is 24.3. The summed E-state index contributed by atoms with van der Waals surface area (Å²) in [5.74, 6) is -0.0524. The SMILES string of the molecule is CC1CCC2(C)C3CCC4C5(C)COCC4(CC(n4nccc4-c4cccc(F)c4)C5)C3=CCC2(C)C1C(=O)O. The second kappa shape index (κ2) is 8.77. The van der Waals surface area contributed by atoms with Crippen molar-refractivity contribution in [2.45, 2.75) is 78.7 Å². The smallest absolute Gasteiger partial charge is 0.307 e. The molecule has 6 heteroatoms. The Bertz CT molecular complexity index is 1380. The van der Waals surface area contributed by atoms with Crippen molar-refractivity contribution in [3.8, 4) is 11.3 Å². The highest BCUT2D eigenvalue weighted by molar-refractivity contribution is 5.72. The molecule has 2 bridgehead atoms. The molecule has 214 valence electrons. The van der Waals surface area contributed by atoms with E-state index in [1.54, 1.807) is 17.7 Å². The maximum atomic E-state index is 14.2. The molecule has 4 aliphatic carbocycles. The molecule has 1 saturated heterocycles. The van der Waals surface area contributed by atoms with E-state index < -0.39 is 5.97 Å². The molecule has 1 aromatic heterocycles. The number of hydrogen-bond acceptors (Lipinski definition) is 3. The van der Waals surface area contributed by atoms with E-state index in [1.165, 1.54) is 12.5 Å². The maximum Gasteiger partial charge on any atom is 0.307 e. The lowest BCUT2D eigenvalue weighted by Gasteiger charge is -2.69. The van der Waals surface area contributed by atoms with Gasteiger partial charge in [-0.3, -0.25) is 9.48 Å². The Kier molecular flexibility index (Phi) is 5.79. The molecule has 0 amide bonds. The van der Waals surface area contributed by atoms with Crippen LogP contribution in [0.3, 0.4) is 0 Å². The van der Waals surface area contributed by atoms with Crippen LogP contribution in [0.4, 0.5) is 4.39 Å². The highest BCUT2D eigenvalue weighted by Gasteiger charge is 2.68. The standard InChI is InChI=1S/C34H43FN2O3/c1-21-10-13-32(3)25-8-9-28-31(2)17-24(37-27(12-15-36-37)22-6-5-7-23(35)16-22)18-34(28,20-40-19-31)26(25)11-14-33(32,4)29(21)30(38)39/h5-7,11-12,15-16,21,24-25,28-29H,8-10,13-14,17-20H2,1-4H3,(H,38,39). The number of allylic oxidation sites excluding steroid dienone is 1. The predicted octanol–water partition coefficient (Wildman–Crippen LogP) is 7.55. The molecule has 2 heterocycles. The summed E-state index contributed by atoms with van der Waals surface area (Å²) in [6.07, 6.45) is 11.5. The number of carboxylic acid groups (broad SMARTS) is 1. The summed E-state index contributed by atoms with van der Waals surface area (Å²) < 4.78 is 22.9. The molecule has 3 saturated carbocycles. The summed E-state index contributed by atoms with van der Waals surface area (Å²) in [6.45, 7) is 10.7. The molecule has 2 aromatic rings. The van der Waals surface area contributed by atoms with E-state index in [4.69, 9.17) is 9.84 Å². The third kappa shape index (κ3) is 3.41. The van der Waals surface area contributed by atoms with Gasteiger partial charge >= 0.3 is 5.97 Å². The quantitative estimate of drug-likeness (QED) is 0.404. The van der Waals surface area contributed by atoms with Gasteiger partial charge in [0.15, 0.2) is 0 Å². The van der Waals surface area contributed by atoms with Crippen molar-refractivity contribution in [3.05, 3.63) is 54.0 Å². The number of nitrogens with zero attached hydrogens (tertiary/aromatic N) is 2. The van der Waals surface area contributed by atoms with E-state index in [9.17, 15) is 14.3 Å². The number of benzene rings is 1. The fraction of sp³-hybridized carbons (Fsp3) is 0.647. The molecule has 4 fully saturated rings. The number of rotatable bonds is 3. The molecule has 1 N–H and O–H groups in total. The number of aliphatic carboxylic acids is 1. The minimum absolute atomic E-state index is 0.0322. The maximum absolute atomic E-state index is 14.2. The third-order valence-corrected chi connectivity index (χ3v) is 12.9. The molecule has 5 nitrogen and oxygen atoms in total. The number of hydrogen-bond donors (Lipinski definition) is 1. The zero-order chi connectivity index (χ0) is 28.1. The van der Waals surface area contributed by atoms with Crippen LogP contribution in [-0.4, -0.2) is 34.1 Å². The van der Waals surface area contributed by atoms with Gasteiger partial charge in [-0.25, -0.2) is 4.39 Å². The van der Waals surface area contributed by atoms with Crippen molar-refractivity contribution in [1.29, 1.82) is 0 Å². The Balaban J connectivity index is 1.32. The number of ether oxygens (including phenoxy) is 1. The number of fused-ring (bicyclic) bond motifs is 3. The highest BCUT2D eigenvalue weighted by atomic mass is 19.1. The van der Waals surface area contributed by atoms with Gasteiger partial charge in [-0.15, -0.1) is 0 Å². The fourth-order valence-electron chi connectivity index (χ4n) is 11.0. The van der Waals surface area contributed by atoms with Gasteiger partial charge in [0.2, 0.25) is 0 Å². The summed E-state index contributed by atoms with van der Waals surface area (Å²) in [5.41, 5.74) is 3.04. The molecular formula is C34H43FN2O3. The Morgan fingerprint density at radius 2 is 1.93 bits per heavy atom. The van der Waals surface area contributed by atoms with Crippen LogP contribution >= 0.6 is 0 Å². The van der Waals surface area contributed by atoms with Crippen LogP contribution < -0.4 is 0 Å². The van der Waals surface area contributed by atoms with Crippen molar-refractivity contribution in [3.63, 3.8) is 0 Å². The van der Waals surface area contributed by atoms with E-state index in [2.05, 4.69) is 38.5 Å². The van der Waals surface area contributed by atoms with Crippen molar-refractivity contribution >= 4 is 5.97 Å². The molecule has 1 aromatic carbocycles. The molecule has 7 rings (SSSR count). The van der Waals surface area contributed by atoms with E-state index in [1.807, 2.05) is 18.3 Å². The Labute approximate surface area is 237 Å². The summed E-state index contributed by atoms with van der Waals surface area (Å²) >= 11 is 0. The second-order valence-corrected chi connectivity index (χ2v) is 14.7. The lowest BCUT2D eigenvalue weighted by atomic mass is 9.36. The summed E-state index contributed by atoms with van der Waals surface area (Å²) in [6, 6.07) is 9.04. The van der Waals surface area contributed by atoms with Gasteiger partial charge < -0.3 is 9.84 Å². The number of halogens is 1. The Morgan fingerprint density at radius 1 is 1.10 bits per heavy atom. The lowest BCUT2D eigenvalue weighted by molar-refractivity contribution is -0.200. The van der Waals surface area contributed by atoms with E-state index in [0.29, 0.717) is 11.8 Å². The largest absolute Gasteiger partial charge is 0.481 e. The van der Waals surface area contributed by atoms with Crippen molar-refractivity contribution in [2.75, 3.05) is 13.2 Å². The van der Waals surface area contributed by atoms with Gasteiger partial charge in [0.05, 0.1) is 30.9 Å². The average Bonchev–Trinajstić information content (AvgIpc) is 3.39. The summed E-state index contributed by atoms with van der Waals surface area (Å²) in [4.78, 5) is 12.6. The first-order valence-electron chi connectivity index (χ1n) is 15.3. The van der Waals surface area contributed by atoms with Gasteiger partial charge in [0.1, 0.15) is 5.82 Å². The average molecular weight is 547 g/mol. The van der Waals surface area contributed by atoms with E-state index in [-0.39, 0.29) is 45.4 Å². The summed E-state index contributed by atoms with van der Waals surface area (Å²) in [7, 11) is 0. The number of carboxylic acids is 1. The molecule has 1 aliphatic heterocycles. The predicted molar refractivity (Wildman–Crippen MR) is 152 cm³/mol. The van der Waals surface area contributed by atoms with Crippen LogP contribution in [0.1, 0.15) is 78.7 Å². The molecule has 40 heavy (non-hydrogen) atoms.